The molecule has 0 N–H and O–H groups in total. The number of carbonyl (C=O) groups is 1. The molecule has 0 saturated carbocycles. The largest absolute Gasteiger partial charge is 0.488 e. The first-order valence-electron chi connectivity index (χ1n) is 9.83. The minimum atomic E-state index is -0.333. The van der Waals surface area contributed by atoms with Gasteiger partial charge in [-0.05, 0) is 42.5 Å². The Kier molecular flexibility index (Phi) is 6.09. The van der Waals surface area contributed by atoms with Gasteiger partial charge in [0.2, 0.25) is 6.79 Å². The number of ether oxygens (including phenoxy) is 3. The molecule has 2 aliphatic heterocycles. The predicted octanol–water partition coefficient (Wildman–Crippen LogP) is 6.30. The van der Waals surface area contributed by atoms with Gasteiger partial charge in [0.05, 0.1) is 10.6 Å². The Morgan fingerprint density at radius 1 is 1.12 bits per heavy atom. The van der Waals surface area contributed by atoms with Crippen molar-refractivity contribution < 1.29 is 23.4 Å². The predicted molar refractivity (Wildman–Crippen MR) is 133 cm³/mol. The van der Waals surface area contributed by atoms with Crippen molar-refractivity contribution in [3.05, 3.63) is 87.0 Å². The molecule has 2 aliphatic rings. The Hall–Kier alpha value is -2.88. The summed E-state index contributed by atoms with van der Waals surface area (Å²) in [7, 11) is 0. The van der Waals surface area contributed by atoms with Gasteiger partial charge in [-0.25, -0.2) is 4.39 Å². The highest BCUT2D eigenvalue weighted by Crippen LogP contribution is 2.41. The second-order valence-electron chi connectivity index (χ2n) is 7.12. The third-order valence-electron chi connectivity index (χ3n) is 5.01. The van der Waals surface area contributed by atoms with Crippen LogP contribution >= 0.6 is 39.9 Å². The second-order valence-corrected chi connectivity index (χ2v) is 9.71. The first-order chi connectivity index (χ1) is 16.0. The molecule has 0 aliphatic carbocycles. The van der Waals surface area contributed by atoms with Crippen molar-refractivity contribution >= 4 is 61.9 Å². The normalized spacial score (nSPS) is 16.1. The quantitative estimate of drug-likeness (QED) is 0.278. The molecule has 1 saturated heterocycles. The number of amides is 1. The number of fused-ring (bicyclic) bond motifs is 1. The molecule has 33 heavy (non-hydrogen) atoms. The van der Waals surface area contributed by atoms with Crippen molar-refractivity contribution in [3.63, 3.8) is 0 Å². The summed E-state index contributed by atoms with van der Waals surface area (Å²) in [6, 6.07) is 17.1. The van der Waals surface area contributed by atoms with Gasteiger partial charge in [0, 0.05) is 21.7 Å². The number of benzene rings is 3. The number of anilines is 1. The lowest BCUT2D eigenvalue weighted by Crippen LogP contribution is -2.27. The van der Waals surface area contributed by atoms with Crippen molar-refractivity contribution in [2.75, 3.05) is 11.7 Å². The van der Waals surface area contributed by atoms with E-state index in [-0.39, 0.29) is 25.1 Å². The molecule has 0 radical (unpaired) electrons. The van der Waals surface area contributed by atoms with Crippen LogP contribution in [0.1, 0.15) is 11.1 Å². The first-order valence-corrected chi connectivity index (χ1v) is 11.8. The van der Waals surface area contributed by atoms with Gasteiger partial charge in [-0.1, -0.05) is 58.1 Å². The molecule has 5 nitrogen and oxygen atoms in total. The van der Waals surface area contributed by atoms with E-state index in [1.165, 1.54) is 22.7 Å². The molecule has 3 aromatic carbocycles. The van der Waals surface area contributed by atoms with E-state index in [9.17, 15) is 9.18 Å². The molecular formula is C24H15BrFNO4S2. The lowest BCUT2D eigenvalue weighted by atomic mass is 10.1. The van der Waals surface area contributed by atoms with Crippen molar-refractivity contribution in [2.24, 2.45) is 0 Å². The second kappa shape index (κ2) is 9.17. The molecule has 0 aromatic heterocycles. The molecule has 0 unspecified atom stereocenters. The monoisotopic (exact) mass is 543 g/mol. The van der Waals surface area contributed by atoms with E-state index in [1.807, 2.05) is 12.1 Å². The summed E-state index contributed by atoms with van der Waals surface area (Å²) in [4.78, 5) is 15.1. The maximum absolute atomic E-state index is 14.0. The van der Waals surface area contributed by atoms with E-state index in [0.29, 0.717) is 43.3 Å². The minimum absolute atomic E-state index is 0.0628. The van der Waals surface area contributed by atoms with Crippen LogP contribution in [0.25, 0.3) is 6.08 Å². The van der Waals surface area contributed by atoms with Crippen LogP contribution in [0.2, 0.25) is 0 Å². The molecule has 166 valence electrons. The Morgan fingerprint density at radius 2 is 1.94 bits per heavy atom. The van der Waals surface area contributed by atoms with E-state index in [1.54, 1.807) is 48.5 Å². The molecule has 0 bridgehead atoms. The fraction of sp³-hybridized carbons (Fsp3) is 0.0833. The van der Waals surface area contributed by atoms with E-state index in [4.69, 9.17) is 26.4 Å². The lowest BCUT2D eigenvalue weighted by molar-refractivity contribution is -0.113. The van der Waals surface area contributed by atoms with Crippen LogP contribution in [0.5, 0.6) is 17.2 Å². The van der Waals surface area contributed by atoms with Crippen LogP contribution in [-0.2, 0) is 11.4 Å². The Balaban J connectivity index is 1.42. The summed E-state index contributed by atoms with van der Waals surface area (Å²) in [5, 5.41) is 0. The van der Waals surface area contributed by atoms with Crippen molar-refractivity contribution in [3.8, 4) is 17.2 Å². The van der Waals surface area contributed by atoms with Crippen LogP contribution in [0, 0.1) is 5.82 Å². The van der Waals surface area contributed by atoms with Crippen LogP contribution in [0.3, 0.4) is 0 Å². The third kappa shape index (κ3) is 4.48. The summed E-state index contributed by atoms with van der Waals surface area (Å²) < 4.78 is 31.9. The number of thiocarbonyl (C=S) groups is 1. The van der Waals surface area contributed by atoms with Gasteiger partial charge in [-0.15, -0.1) is 0 Å². The van der Waals surface area contributed by atoms with Gasteiger partial charge >= 0.3 is 0 Å². The number of carbonyl (C=O) groups excluding carboxylic acids is 1. The van der Waals surface area contributed by atoms with Gasteiger partial charge in [0.25, 0.3) is 5.91 Å². The maximum atomic E-state index is 14.0. The zero-order chi connectivity index (χ0) is 22.9. The number of nitrogens with zero attached hydrogens (tertiary/aromatic N) is 1. The molecular weight excluding hydrogens is 529 g/mol. The highest BCUT2D eigenvalue weighted by molar-refractivity contribution is 9.10. The van der Waals surface area contributed by atoms with Gasteiger partial charge in [0.15, 0.2) is 15.8 Å². The van der Waals surface area contributed by atoms with E-state index in [0.717, 1.165) is 4.47 Å². The average Bonchev–Trinajstić information content (AvgIpc) is 3.37. The van der Waals surface area contributed by atoms with Crippen LogP contribution in [-0.4, -0.2) is 17.0 Å². The maximum Gasteiger partial charge on any atom is 0.270 e. The fourth-order valence-electron chi connectivity index (χ4n) is 3.39. The molecule has 2 heterocycles. The van der Waals surface area contributed by atoms with Crippen LogP contribution in [0.4, 0.5) is 10.1 Å². The SMILES string of the molecule is O=C1/C(=C/c2cc(Br)ccc2OCc2ccccc2F)SC(=S)N1c1ccc2c(c1)OCO2. The smallest absolute Gasteiger partial charge is 0.270 e. The highest BCUT2D eigenvalue weighted by atomic mass is 79.9. The molecule has 9 heteroatoms. The summed E-state index contributed by atoms with van der Waals surface area (Å²) >= 11 is 10.1. The Bertz CT molecular complexity index is 1310. The summed E-state index contributed by atoms with van der Waals surface area (Å²) in [6.45, 7) is 0.211. The number of hydrogen-bond acceptors (Lipinski definition) is 6. The summed E-state index contributed by atoms with van der Waals surface area (Å²) in [6.07, 6.45) is 1.73. The zero-order valence-electron chi connectivity index (χ0n) is 16.9. The molecule has 0 atom stereocenters. The standard InChI is InChI=1S/C24H15BrFNO4S2/c25-16-5-7-19(29-12-14-3-1-2-4-18(14)26)15(9-16)10-22-23(28)27(24(32)33-22)17-6-8-20-21(11-17)31-13-30-20/h1-11H,12-13H2/b22-10-. The number of halogens is 2. The van der Waals surface area contributed by atoms with Gasteiger partial charge in [-0.2, -0.15) is 0 Å². The van der Waals surface area contributed by atoms with Crippen LogP contribution in [0.15, 0.2) is 70.0 Å². The molecule has 1 fully saturated rings. The Morgan fingerprint density at radius 3 is 2.79 bits per heavy atom. The molecule has 1 amide bonds. The van der Waals surface area contributed by atoms with Crippen molar-refractivity contribution in [2.45, 2.75) is 6.61 Å². The summed E-state index contributed by atoms with van der Waals surface area (Å²) in [5.41, 5.74) is 1.72. The number of thioether (sulfide) groups is 1. The fourth-order valence-corrected chi connectivity index (χ4v) is 5.06. The molecule has 0 spiro atoms. The Labute approximate surface area is 207 Å². The summed E-state index contributed by atoms with van der Waals surface area (Å²) in [5.74, 6) is 1.14. The number of hydrogen-bond donors (Lipinski definition) is 0. The van der Waals surface area contributed by atoms with E-state index < -0.39 is 0 Å². The van der Waals surface area contributed by atoms with Crippen LogP contribution < -0.4 is 19.1 Å². The first kappa shape index (κ1) is 21.9. The van der Waals surface area contributed by atoms with Gasteiger partial charge < -0.3 is 14.2 Å². The lowest BCUT2D eigenvalue weighted by Gasteiger charge is -2.15. The zero-order valence-corrected chi connectivity index (χ0v) is 20.1. The van der Waals surface area contributed by atoms with Gasteiger partial charge in [-0.3, -0.25) is 9.69 Å². The van der Waals surface area contributed by atoms with E-state index in [2.05, 4.69) is 15.9 Å². The molecule has 5 rings (SSSR count). The van der Waals surface area contributed by atoms with E-state index >= 15 is 0 Å². The average molecular weight is 544 g/mol. The van der Waals surface area contributed by atoms with Crippen molar-refractivity contribution in [1.82, 2.24) is 0 Å². The molecule has 3 aromatic rings. The van der Waals surface area contributed by atoms with Gasteiger partial charge in [0.1, 0.15) is 18.2 Å². The third-order valence-corrected chi connectivity index (χ3v) is 6.80. The highest BCUT2D eigenvalue weighted by Gasteiger charge is 2.34. The van der Waals surface area contributed by atoms with Crippen molar-refractivity contribution in [1.29, 1.82) is 0 Å². The minimum Gasteiger partial charge on any atom is -0.488 e. The topological polar surface area (TPSA) is 48.0 Å². The number of rotatable bonds is 5.